The lowest BCUT2D eigenvalue weighted by Crippen LogP contribution is -2.29. The monoisotopic (exact) mass is 408 g/mol. The molecular weight excluding hydrogens is 380 g/mol. The minimum Gasteiger partial charge on any atom is -0.497 e. The fraction of sp³-hybridized carbons (Fsp3) is 0.364. The van der Waals surface area contributed by atoms with Gasteiger partial charge in [-0.1, -0.05) is 12.1 Å². The Morgan fingerprint density at radius 1 is 1.03 bits per heavy atom. The van der Waals surface area contributed by atoms with E-state index in [0.29, 0.717) is 37.6 Å². The summed E-state index contributed by atoms with van der Waals surface area (Å²) in [5, 5.41) is 19.0. The van der Waals surface area contributed by atoms with Crippen molar-refractivity contribution in [1.82, 2.24) is 25.3 Å². The molecule has 2 heterocycles. The molecule has 1 amide bonds. The molecule has 2 aromatic heterocycles. The molecule has 0 aliphatic heterocycles. The van der Waals surface area contributed by atoms with Crippen LogP contribution >= 0.6 is 0 Å². The summed E-state index contributed by atoms with van der Waals surface area (Å²) in [7, 11) is 1.64. The van der Waals surface area contributed by atoms with Crippen molar-refractivity contribution in [3.8, 4) is 11.6 Å². The Kier molecular flexibility index (Phi) is 7.00. The predicted molar refractivity (Wildman–Crippen MR) is 116 cm³/mol. The lowest BCUT2D eigenvalue weighted by Gasteiger charge is -2.08. The molecule has 0 saturated heterocycles. The highest BCUT2D eigenvalue weighted by Crippen LogP contribution is 2.15. The van der Waals surface area contributed by atoms with E-state index >= 15 is 0 Å². The van der Waals surface area contributed by atoms with Gasteiger partial charge in [0.15, 0.2) is 5.82 Å². The van der Waals surface area contributed by atoms with Crippen LogP contribution in [-0.2, 0) is 11.2 Å². The Labute approximate surface area is 176 Å². The summed E-state index contributed by atoms with van der Waals surface area (Å²) in [4.78, 5) is 12.0. The smallest absolute Gasteiger partial charge is 0.220 e. The average molecular weight is 409 g/mol. The standard InChI is InChI=1S/C22H28N6O2/c1-15-16(2)27-28(17(15)3)21-11-10-20(25-26-21)23-13-14-24-22(29)12-7-18-5-8-19(30-4)9-6-18/h5-6,8-11H,7,12-14H2,1-4H3,(H,23,25)(H,24,29). The highest BCUT2D eigenvalue weighted by molar-refractivity contribution is 5.76. The van der Waals surface area contributed by atoms with E-state index in [4.69, 9.17) is 4.74 Å². The van der Waals surface area contributed by atoms with Gasteiger partial charge in [0.05, 0.1) is 12.8 Å². The molecule has 0 unspecified atom stereocenters. The first-order valence-corrected chi connectivity index (χ1v) is 9.98. The van der Waals surface area contributed by atoms with Gasteiger partial charge in [0.1, 0.15) is 11.6 Å². The van der Waals surface area contributed by atoms with Crippen molar-refractivity contribution in [2.45, 2.75) is 33.6 Å². The van der Waals surface area contributed by atoms with Gasteiger partial charge in [0, 0.05) is 25.2 Å². The second-order valence-corrected chi connectivity index (χ2v) is 7.11. The summed E-state index contributed by atoms with van der Waals surface area (Å²) in [5.74, 6) is 2.18. The van der Waals surface area contributed by atoms with Crippen LogP contribution in [0, 0.1) is 20.8 Å². The minimum atomic E-state index is 0.0222. The van der Waals surface area contributed by atoms with Crippen LogP contribution in [0.15, 0.2) is 36.4 Å². The largest absolute Gasteiger partial charge is 0.497 e. The molecule has 0 radical (unpaired) electrons. The summed E-state index contributed by atoms with van der Waals surface area (Å²) < 4.78 is 6.93. The summed E-state index contributed by atoms with van der Waals surface area (Å²) in [6.07, 6.45) is 1.14. The van der Waals surface area contributed by atoms with Gasteiger partial charge in [0.25, 0.3) is 0 Å². The number of carbonyl (C=O) groups is 1. The van der Waals surface area contributed by atoms with Gasteiger partial charge in [-0.25, -0.2) is 4.68 Å². The second-order valence-electron chi connectivity index (χ2n) is 7.11. The zero-order valence-electron chi connectivity index (χ0n) is 17.9. The van der Waals surface area contributed by atoms with Crippen LogP contribution in [0.3, 0.4) is 0 Å². The normalized spacial score (nSPS) is 10.7. The summed E-state index contributed by atoms with van der Waals surface area (Å²) in [5.41, 5.74) is 4.30. The van der Waals surface area contributed by atoms with Crippen molar-refractivity contribution in [3.05, 3.63) is 58.9 Å². The number of ether oxygens (including phenoxy) is 1. The van der Waals surface area contributed by atoms with Crippen molar-refractivity contribution in [1.29, 1.82) is 0 Å². The van der Waals surface area contributed by atoms with E-state index < -0.39 is 0 Å². The Bertz CT molecular complexity index is 980. The first-order chi connectivity index (χ1) is 14.5. The van der Waals surface area contributed by atoms with Crippen LogP contribution in [0.1, 0.15) is 28.9 Å². The Balaban J connectivity index is 1.39. The molecule has 1 aromatic carbocycles. The van der Waals surface area contributed by atoms with Gasteiger partial charge in [-0.2, -0.15) is 5.10 Å². The molecule has 3 aromatic rings. The summed E-state index contributed by atoms with van der Waals surface area (Å²) in [6, 6.07) is 11.5. The van der Waals surface area contributed by atoms with Crippen molar-refractivity contribution in [2.24, 2.45) is 0 Å². The number of benzene rings is 1. The second kappa shape index (κ2) is 9.87. The Hall–Kier alpha value is -3.42. The number of amides is 1. The summed E-state index contributed by atoms with van der Waals surface area (Å²) >= 11 is 0. The topological polar surface area (TPSA) is 94.0 Å². The number of methoxy groups -OCH3 is 1. The third-order valence-electron chi connectivity index (χ3n) is 5.07. The van der Waals surface area contributed by atoms with E-state index in [9.17, 15) is 4.79 Å². The van der Waals surface area contributed by atoms with Crippen LogP contribution in [0.25, 0.3) is 5.82 Å². The number of nitrogens with zero attached hydrogens (tertiary/aromatic N) is 4. The quantitative estimate of drug-likeness (QED) is 0.529. The number of rotatable bonds is 9. The molecule has 0 saturated carbocycles. The minimum absolute atomic E-state index is 0.0222. The molecule has 2 N–H and O–H groups in total. The van der Waals surface area contributed by atoms with Crippen molar-refractivity contribution < 1.29 is 9.53 Å². The number of hydrogen-bond acceptors (Lipinski definition) is 6. The van der Waals surface area contributed by atoms with E-state index in [1.807, 2.05) is 57.2 Å². The SMILES string of the molecule is COc1ccc(CCC(=O)NCCNc2ccc(-n3nc(C)c(C)c3C)nn2)cc1. The molecule has 30 heavy (non-hydrogen) atoms. The third-order valence-corrected chi connectivity index (χ3v) is 5.07. The van der Waals surface area contributed by atoms with Gasteiger partial charge in [-0.15, -0.1) is 10.2 Å². The molecule has 0 aliphatic carbocycles. The highest BCUT2D eigenvalue weighted by atomic mass is 16.5. The van der Waals surface area contributed by atoms with Crippen molar-refractivity contribution in [3.63, 3.8) is 0 Å². The lowest BCUT2D eigenvalue weighted by molar-refractivity contribution is -0.120. The van der Waals surface area contributed by atoms with Crippen LogP contribution < -0.4 is 15.4 Å². The molecule has 0 fully saturated rings. The van der Waals surface area contributed by atoms with E-state index in [0.717, 1.165) is 28.3 Å². The van der Waals surface area contributed by atoms with Gasteiger partial charge in [-0.05, 0) is 62.6 Å². The maximum absolute atomic E-state index is 12.0. The van der Waals surface area contributed by atoms with E-state index in [-0.39, 0.29) is 5.91 Å². The fourth-order valence-electron chi connectivity index (χ4n) is 3.01. The molecule has 0 atom stereocenters. The number of aryl methyl sites for hydroxylation is 2. The number of hydrogen-bond donors (Lipinski definition) is 2. The highest BCUT2D eigenvalue weighted by Gasteiger charge is 2.10. The average Bonchev–Trinajstić information content (AvgIpc) is 3.03. The molecule has 0 aliphatic rings. The van der Waals surface area contributed by atoms with E-state index in [1.165, 1.54) is 0 Å². The molecule has 0 spiro atoms. The lowest BCUT2D eigenvalue weighted by atomic mass is 10.1. The Morgan fingerprint density at radius 3 is 2.40 bits per heavy atom. The molecule has 158 valence electrons. The molecule has 8 heteroatoms. The fourth-order valence-corrected chi connectivity index (χ4v) is 3.01. The van der Waals surface area contributed by atoms with Crippen LogP contribution in [0.2, 0.25) is 0 Å². The predicted octanol–water partition coefficient (Wildman–Crippen LogP) is 2.76. The van der Waals surface area contributed by atoms with Crippen molar-refractivity contribution >= 4 is 11.7 Å². The number of aromatic nitrogens is 4. The number of anilines is 1. The molecular formula is C22H28N6O2. The number of carbonyl (C=O) groups excluding carboxylic acids is 1. The van der Waals surface area contributed by atoms with Gasteiger partial charge in [-0.3, -0.25) is 4.79 Å². The first kappa shape index (κ1) is 21.3. The van der Waals surface area contributed by atoms with Crippen LogP contribution in [0.5, 0.6) is 5.75 Å². The van der Waals surface area contributed by atoms with Crippen molar-refractivity contribution in [2.75, 3.05) is 25.5 Å². The van der Waals surface area contributed by atoms with Crippen LogP contribution in [-0.4, -0.2) is 46.1 Å². The van der Waals surface area contributed by atoms with E-state index in [1.54, 1.807) is 11.8 Å². The number of nitrogens with one attached hydrogen (secondary N) is 2. The molecule has 0 bridgehead atoms. The Morgan fingerprint density at radius 2 is 1.80 bits per heavy atom. The van der Waals surface area contributed by atoms with Gasteiger partial charge in [0.2, 0.25) is 5.91 Å². The van der Waals surface area contributed by atoms with Gasteiger partial charge < -0.3 is 15.4 Å². The zero-order chi connectivity index (χ0) is 21.5. The first-order valence-electron chi connectivity index (χ1n) is 9.98. The maximum Gasteiger partial charge on any atom is 0.220 e. The zero-order valence-corrected chi connectivity index (χ0v) is 17.9. The van der Waals surface area contributed by atoms with Crippen LogP contribution in [0.4, 0.5) is 5.82 Å². The summed E-state index contributed by atoms with van der Waals surface area (Å²) in [6.45, 7) is 7.12. The molecule has 3 rings (SSSR count). The van der Waals surface area contributed by atoms with E-state index in [2.05, 4.69) is 25.9 Å². The van der Waals surface area contributed by atoms with Gasteiger partial charge >= 0.3 is 0 Å². The third kappa shape index (κ3) is 5.34. The molecule has 8 nitrogen and oxygen atoms in total. The maximum atomic E-state index is 12.0.